The molecule has 0 radical (unpaired) electrons. The van der Waals surface area contributed by atoms with E-state index in [0.717, 1.165) is 12.1 Å². The van der Waals surface area contributed by atoms with Gasteiger partial charge in [0.05, 0.1) is 5.69 Å². The first-order valence-corrected chi connectivity index (χ1v) is 4.83. The minimum Gasteiger partial charge on any atom is -0.143 e. The normalized spacial score (nSPS) is 11.9. The molecule has 1 aromatic rings. The second-order valence-corrected chi connectivity index (χ2v) is 4.25. The van der Waals surface area contributed by atoms with Crippen molar-refractivity contribution in [3.05, 3.63) is 11.1 Å². The Hall–Kier alpha value is -0.150. The first-order chi connectivity index (χ1) is 5.14. The van der Waals surface area contributed by atoms with E-state index in [1.807, 2.05) is 5.38 Å². The zero-order valence-electron chi connectivity index (χ0n) is 6.67. The molecule has 1 rings (SSSR count). The molecule has 0 fully saturated rings. The fourth-order valence-corrected chi connectivity index (χ4v) is 1.34. The maximum atomic E-state index is 5.77. The Morgan fingerprint density at radius 1 is 1.64 bits per heavy atom. The highest BCUT2D eigenvalue weighted by atomic mass is 35.5. The standard InChI is InChI=1S/C7H11ClN2S/c1-7(2,5-8)3-6-4-11-10-9-6/h4H,3,5H2,1-2H3. The zero-order valence-corrected chi connectivity index (χ0v) is 8.24. The van der Waals surface area contributed by atoms with Gasteiger partial charge in [-0.2, -0.15) is 0 Å². The van der Waals surface area contributed by atoms with Gasteiger partial charge in [-0.1, -0.05) is 18.3 Å². The van der Waals surface area contributed by atoms with Crippen molar-refractivity contribution in [1.82, 2.24) is 9.59 Å². The first-order valence-electron chi connectivity index (χ1n) is 3.46. The minimum absolute atomic E-state index is 0.136. The lowest BCUT2D eigenvalue weighted by molar-refractivity contribution is 0.413. The molecule has 0 bridgehead atoms. The Morgan fingerprint density at radius 3 is 2.82 bits per heavy atom. The van der Waals surface area contributed by atoms with Crippen LogP contribution in [0, 0.1) is 5.41 Å². The molecule has 0 atom stereocenters. The van der Waals surface area contributed by atoms with Crippen LogP contribution in [-0.2, 0) is 6.42 Å². The van der Waals surface area contributed by atoms with Gasteiger partial charge in [-0.05, 0) is 23.4 Å². The van der Waals surface area contributed by atoms with Gasteiger partial charge < -0.3 is 0 Å². The number of hydrogen-bond acceptors (Lipinski definition) is 3. The summed E-state index contributed by atoms with van der Waals surface area (Å²) in [6.07, 6.45) is 0.910. The van der Waals surface area contributed by atoms with Gasteiger partial charge in [0, 0.05) is 11.3 Å². The minimum atomic E-state index is 0.136. The summed E-state index contributed by atoms with van der Waals surface area (Å²) in [4.78, 5) is 0. The molecule has 2 nitrogen and oxygen atoms in total. The van der Waals surface area contributed by atoms with Crippen LogP contribution in [0.4, 0.5) is 0 Å². The fraction of sp³-hybridized carbons (Fsp3) is 0.714. The topological polar surface area (TPSA) is 25.8 Å². The summed E-state index contributed by atoms with van der Waals surface area (Å²) in [5.74, 6) is 0.657. The van der Waals surface area contributed by atoms with Crippen molar-refractivity contribution in [2.75, 3.05) is 5.88 Å². The van der Waals surface area contributed by atoms with Crippen molar-refractivity contribution in [2.24, 2.45) is 5.41 Å². The second kappa shape index (κ2) is 3.50. The number of halogens is 1. The Labute approximate surface area is 75.7 Å². The molecule has 1 heterocycles. The third kappa shape index (κ3) is 2.75. The van der Waals surface area contributed by atoms with E-state index < -0.39 is 0 Å². The van der Waals surface area contributed by atoms with Crippen LogP contribution in [0.5, 0.6) is 0 Å². The fourth-order valence-electron chi connectivity index (χ4n) is 0.799. The molecule has 1 aromatic heterocycles. The number of alkyl halides is 1. The summed E-state index contributed by atoms with van der Waals surface area (Å²) in [5, 5.41) is 5.93. The largest absolute Gasteiger partial charge is 0.143 e. The van der Waals surface area contributed by atoms with E-state index in [-0.39, 0.29) is 5.41 Å². The summed E-state index contributed by atoms with van der Waals surface area (Å²) in [5.41, 5.74) is 1.18. The number of hydrogen-bond donors (Lipinski definition) is 0. The lowest BCUT2D eigenvalue weighted by Gasteiger charge is -2.18. The Morgan fingerprint density at radius 2 is 2.36 bits per heavy atom. The molecule has 0 saturated carbocycles. The molecule has 62 valence electrons. The molecular formula is C7H11ClN2S. The molecule has 0 amide bonds. The highest BCUT2D eigenvalue weighted by Gasteiger charge is 2.18. The van der Waals surface area contributed by atoms with Crippen LogP contribution in [0.2, 0.25) is 0 Å². The average molecular weight is 191 g/mol. The van der Waals surface area contributed by atoms with Crippen LogP contribution < -0.4 is 0 Å². The molecule has 0 N–H and O–H groups in total. The highest BCUT2D eigenvalue weighted by molar-refractivity contribution is 7.03. The number of rotatable bonds is 3. The number of aromatic nitrogens is 2. The molecule has 0 saturated heterocycles. The Bertz CT molecular complexity index is 208. The van der Waals surface area contributed by atoms with Crippen molar-refractivity contribution in [1.29, 1.82) is 0 Å². The predicted octanol–water partition coefficient (Wildman–Crippen LogP) is 2.35. The van der Waals surface area contributed by atoms with Gasteiger partial charge in [0.2, 0.25) is 0 Å². The third-order valence-corrected chi connectivity index (χ3v) is 2.70. The first kappa shape index (κ1) is 8.94. The second-order valence-electron chi connectivity index (χ2n) is 3.37. The molecule has 4 heteroatoms. The maximum Gasteiger partial charge on any atom is 0.0761 e. The summed E-state index contributed by atoms with van der Waals surface area (Å²) in [6, 6.07) is 0. The summed E-state index contributed by atoms with van der Waals surface area (Å²) >= 11 is 7.15. The van der Waals surface area contributed by atoms with Crippen molar-refractivity contribution in [3.8, 4) is 0 Å². The monoisotopic (exact) mass is 190 g/mol. The van der Waals surface area contributed by atoms with E-state index in [4.69, 9.17) is 11.6 Å². The third-order valence-electron chi connectivity index (χ3n) is 1.43. The van der Waals surface area contributed by atoms with Crippen LogP contribution in [0.1, 0.15) is 19.5 Å². The molecule has 11 heavy (non-hydrogen) atoms. The lowest BCUT2D eigenvalue weighted by atomic mass is 9.91. The molecule has 0 aliphatic rings. The molecule has 0 spiro atoms. The summed E-state index contributed by atoms with van der Waals surface area (Å²) in [6.45, 7) is 4.25. The van der Waals surface area contributed by atoms with Crippen molar-refractivity contribution < 1.29 is 0 Å². The molecular weight excluding hydrogens is 180 g/mol. The van der Waals surface area contributed by atoms with E-state index >= 15 is 0 Å². The molecule has 0 aromatic carbocycles. The predicted molar refractivity (Wildman–Crippen MR) is 48.1 cm³/mol. The van der Waals surface area contributed by atoms with E-state index in [2.05, 4.69) is 23.4 Å². The van der Waals surface area contributed by atoms with Crippen LogP contribution in [0.15, 0.2) is 5.38 Å². The van der Waals surface area contributed by atoms with Gasteiger partial charge in [0.25, 0.3) is 0 Å². The number of nitrogens with zero attached hydrogens (tertiary/aromatic N) is 2. The Kier molecular flexibility index (Phi) is 2.84. The SMILES string of the molecule is CC(C)(CCl)Cc1csnn1. The smallest absolute Gasteiger partial charge is 0.0761 e. The van der Waals surface area contributed by atoms with Crippen molar-refractivity contribution in [3.63, 3.8) is 0 Å². The van der Waals surface area contributed by atoms with Crippen LogP contribution >= 0.6 is 23.1 Å². The van der Waals surface area contributed by atoms with Gasteiger partial charge in [0.1, 0.15) is 0 Å². The molecule has 0 unspecified atom stereocenters. The average Bonchev–Trinajstić information content (AvgIpc) is 2.39. The maximum absolute atomic E-state index is 5.77. The van der Waals surface area contributed by atoms with Crippen LogP contribution in [0.25, 0.3) is 0 Å². The Balaban J connectivity index is 2.56. The van der Waals surface area contributed by atoms with Crippen molar-refractivity contribution >= 4 is 23.1 Å². The van der Waals surface area contributed by atoms with Crippen LogP contribution in [0.3, 0.4) is 0 Å². The zero-order chi connectivity index (χ0) is 8.32. The van der Waals surface area contributed by atoms with E-state index in [1.165, 1.54) is 11.5 Å². The highest BCUT2D eigenvalue weighted by Crippen LogP contribution is 2.22. The van der Waals surface area contributed by atoms with E-state index in [1.54, 1.807) is 0 Å². The van der Waals surface area contributed by atoms with E-state index in [0.29, 0.717) is 5.88 Å². The summed E-state index contributed by atoms with van der Waals surface area (Å²) in [7, 11) is 0. The van der Waals surface area contributed by atoms with Crippen LogP contribution in [-0.4, -0.2) is 15.5 Å². The van der Waals surface area contributed by atoms with Gasteiger partial charge >= 0.3 is 0 Å². The van der Waals surface area contributed by atoms with Crippen molar-refractivity contribution in [2.45, 2.75) is 20.3 Å². The quantitative estimate of drug-likeness (QED) is 0.684. The molecule has 0 aliphatic carbocycles. The van der Waals surface area contributed by atoms with Gasteiger partial charge in [-0.3, -0.25) is 0 Å². The van der Waals surface area contributed by atoms with Gasteiger partial charge in [-0.15, -0.1) is 16.7 Å². The molecule has 0 aliphatic heterocycles. The van der Waals surface area contributed by atoms with Gasteiger partial charge in [-0.25, -0.2) is 0 Å². The van der Waals surface area contributed by atoms with Gasteiger partial charge in [0.15, 0.2) is 0 Å². The van der Waals surface area contributed by atoms with E-state index in [9.17, 15) is 0 Å². The lowest BCUT2D eigenvalue weighted by Crippen LogP contribution is -2.16. The summed E-state index contributed by atoms with van der Waals surface area (Å²) < 4.78 is 3.79.